The molecular weight excluding hydrogens is 168 g/mol. The summed E-state index contributed by atoms with van der Waals surface area (Å²) in [6.07, 6.45) is 12.2. The molecule has 0 heteroatoms. The minimum Gasteiger partial charge on any atom is -0.102 e. The van der Waals surface area contributed by atoms with Gasteiger partial charge in [0.25, 0.3) is 0 Å². The Morgan fingerprint density at radius 2 is 1.86 bits per heavy atom. The third kappa shape index (κ3) is 6.01. The highest BCUT2D eigenvalue weighted by molar-refractivity contribution is 5.10. The highest BCUT2D eigenvalue weighted by atomic mass is 14.1. The first-order valence-electron chi connectivity index (χ1n) is 6.07. The third-order valence-electron chi connectivity index (χ3n) is 2.72. The van der Waals surface area contributed by atoms with Crippen molar-refractivity contribution in [3.8, 4) is 0 Å². The highest BCUT2D eigenvalue weighted by Gasteiger charge is 2.03. The number of hydrogen-bond acceptors (Lipinski definition) is 0. The Bertz CT molecular complexity index is 165. The van der Waals surface area contributed by atoms with Crippen molar-refractivity contribution in [2.45, 2.75) is 59.3 Å². The second kappa shape index (κ2) is 9.05. The number of rotatable bonds is 8. The Kier molecular flexibility index (Phi) is 8.72. The Morgan fingerprint density at radius 3 is 2.36 bits per heavy atom. The standard InChI is InChI=1S/C14H26/c1-5-8-10-12-14(11-9-6-2)13(4)7-3/h7,12-13H,3,5-6,8-11H2,1-2,4H3. The van der Waals surface area contributed by atoms with Crippen LogP contribution in [0.1, 0.15) is 59.3 Å². The fourth-order valence-electron chi connectivity index (χ4n) is 1.54. The van der Waals surface area contributed by atoms with E-state index in [1.165, 1.54) is 38.5 Å². The Balaban J connectivity index is 4.07. The molecule has 0 spiro atoms. The number of unbranched alkanes of at least 4 members (excludes halogenated alkanes) is 3. The topological polar surface area (TPSA) is 0 Å². The van der Waals surface area contributed by atoms with Crippen LogP contribution >= 0.6 is 0 Å². The minimum absolute atomic E-state index is 0.568. The lowest BCUT2D eigenvalue weighted by atomic mass is 9.94. The summed E-state index contributed by atoms with van der Waals surface area (Å²) in [6, 6.07) is 0. The molecule has 0 fully saturated rings. The molecule has 0 N–H and O–H groups in total. The molecule has 0 bridgehead atoms. The lowest BCUT2D eigenvalue weighted by molar-refractivity contribution is 0.701. The zero-order chi connectivity index (χ0) is 10.8. The van der Waals surface area contributed by atoms with Gasteiger partial charge in [-0.1, -0.05) is 57.8 Å². The molecule has 0 aliphatic carbocycles. The molecule has 0 radical (unpaired) electrons. The van der Waals surface area contributed by atoms with Gasteiger partial charge in [0.1, 0.15) is 0 Å². The van der Waals surface area contributed by atoms with Gasteiger partial charge in [-0.25, -0.2) is 0 Å². The quantitative estimate of drug-likeness (QED) is 0.372. The maximum Gasteiger partial charge on any atom is -0.00543 e. The average molecular weight is 194 g/mol. The Morgan fingerprint density at radius 1 is 1.21 bits per heavy atom. The van der Waals surface area contributed by atoms with Crippen LogP contribution in [0.2, 0.25) is 0 Å². The van der Waals surface area contributed by atoms with Crippen LogP contribution in [0, 0.1) is 5.92 Å². The van der Waals surface area contributed by atoms with Crippen molar-refractivity contribution in [1.82, 2.24) is 0 Å². The molecule has 1 unspecified atom stereocenters. The van der Waals surface area contributed by atoms with Crippen LogP contribution in [-0.2, 0) is 0 Å². The van der Waals surface area contributed by atoms with Crippen LogP contribution in [0.5, 0.6) is 0 Å². The monoisotopic (exact) mass is 194 g/mol. The fraction of sp³-hybridized carbons (Fsp3) is 0.714. The Hall–Kier alpha value is -0.520. The van der Waals surface area contributed by atoms with Crippen LogP contribution < -0.4 is 0 Å². The Labute approximate surface area is 90.1 Å². The molecular formula is C14H26. The molecule has 0 aliphatic heterocycles. The first-order chi connectivity index (χ1) is 6.76. The van der Waals surface area contributed by atoms with Gasteiger partial charge in [0.05, 0.1) is 0 Å². The summed E-state index contributed by atoms with van der Waals surface area (Å²) < 4.78 is 0. The van der Waals surface area contributed by atoms with Crippen molar-refractivity contribution in [2.24, 2.45) is 5.92 Å². The van der Waals surface area contributed by atoms with E-state index in [0.29, 0.717) is 5.92 Å². The summed E-state index contributed by atoms with van der Waals surface area (Å²) >= 11 is 0. The van der Waals surface area contributed by atoms with Gasteiger partial charge < -0.3 is 0 Å². The lowest BCUT2D eigenvalue weighted by Gasteiger charge is -2.11. The summed E-state index contributed by atoms with van der Waals surface area (Å²) in [6.45, 7) is 10.6. The van der Waals surface area contributed by atoms with Gasteiger partial charge >= 0.3 is 0 Å². The molecule has 1 atom stereocenters. The average Bonchev–Trinajstić information content (AvgIpc) is 2.22. The molecule has 0 aromatic carbocycles. The lowest BCUT2D eigenvalue weighted by Crippen LogP contribution is -1.96. The van der Waals surface area contributed by atoms with Crippen molar-refractivity contribution in [3.63, 3.8) is 0 Å². The van der Waals surface area contributed by atoms with Gasteiger partial charge in [0.15, 0.2) is 0 Å². The van der Waals surface area contributed by atoms with Gasteiger partial charge in [0.2, 0.25) is 0 Å². The zero-order valence-electron chi connectivity index (χ0n) is 10.2. The SMILES string of the molecule is C=CC(C)C(=CCCCC)CCCC. The van der Waals surface area contributed by atoms with E-state index in [9.17, 15) is 0 Å². The van der Waals surface area contributed by atoms with E-state index in [0.717, 1.165) is 0 Å². The largest absolute Gasteiger partial charge is 0.102 e. The van der Waals surface area contributed by atoms with Gasteiger partial charge in [-0.15, -0.1) is 6.58 Å². The first-order valence-corrected chi connectivity index (χ1v) is 6.07. The molecule has 0 saturated carbocycles. The van der Waals surface area contributed by atoms with E-state index in [-0.39, 0.29) is 0 Å². The van der Waals surface area contributed by atoms with Gasteiger partial charge in [-0.05, 0) is 25.2 Å². The van der Waals surface area contributed by atoms with E-state index >= 15 is 0 Å². The first kappa shape index (κ1) is 13.5. The van der Waals surface area contributed by atoms with E-state index < -0.39 is 0 Å². The molecule has 14 heavy (non-hydrogen) atoms. The van der Waals surface area contributed by atoms with Gasteiger partial charge in [-0.3, -0.25) is 0 Å². The van der Waals surface area contributed by atoms with Crippen LogP contribution in [0.4, 0.5) is 0 Å². The summed E-state index contributed by atoms with van der Waals surface area (Å²) in [5.41, 5.74) is 1.59. The zero-order valence-corrected chi connectivity index (χ0v) is 10.2. The van der Waals surface area contributed by atoms with Crippen LogP contribution in [0.3, 0.4) is 0 Å². The van der Waals surface area contributed by atoms with E-state index in [2.05, 4.69) is 39.5 Å². The van der Waals surface area contributed by atoms with Gasteiger partial charge in [0, 0.05) is 0 Å². The molecule has 82 valence electrons. The van der Waals surface area contributed by atoms with E-state index in [4.69, 9.17) is 0 Å². The number of hydrogen-bond donors (Lipinski definition) is 0. The van der Waals surface area contributed by atoms with Crippen LogP contribution in [0.15, 0.2) is 24.3 Å². The molecule has 0 saturated heterocycles. The van der Waals surface area contributed by atoms with Crippen LogP contribution in [-0.4, -0.2) is 0 Å². The fourth-order valence-corrected chi connectivity index (χ4v) is 1.54. The number of allylic oxidation sites excluding steroid dienone is 3. The highest BCUT2D eigenvalue weighted by Crippen LogP contribution is 2.19. The molecule has 0 aromatic heterocycles. The van der Waals surface area contributed by atoms with Crippen molar-refractivity contribution in [1.29, 1.82) is 0 Å². The van der Waals surface area contributed by atoms with Crippen molar-refractivity contribution in [2.75, 3.05) is 0 Å². The second-order valence-corrected chi connectivity index (χ2v) is 4.05. The van der Waals surface area contributed by atoms with E-state index in [1.54, 1.807) is 5.57 Å². The molecule has 0 aromatic rings. The van der Waals surface area contributed by atoms with Crippen molar-refractivity contribution < 1.29 is 0 Å². The van der Waals surface area contributed by atoms with Gasteiger partial charge in [-0.2, -0.15) is 0 Å². The molecule has 0 nitrogen and oxygen atoms in total. The normalized spacial score (nSPS) is 14.1. The van der Waals surface area contributed by atoms with Crippen molar-refractivity contribution in [3.05, 3.63) is 24.3 Å². The van der Waals surface area contributed by atoms with Crippen molar-refractivity contribution >= 4 is 0 Å². The third-order valence-corrected chi connectivity index (χ3v) is 2.72. The molecule has 0 heterocycles. The maximum atomic E-state index is 3.88. The minimum atomic E-state index is 0.568. The van der Waals surface area contributed by atoms with Crippen LogP contribution in [0.25, 0.3) is 0 Å². The second-order valence-electron chi connectivity index (χ2n) is 4.05. The predicted octanol–water partition coefficient (Wildman–Crippen LogP) is 5.12. The maximum absolute atomic E-state index is 3.88. The summed E-state index contributed by atoms with van der Waals surface area (Å²) in [4.78, 5) is 0. The molecule has 0 rings (SSSR count). The molecule has 0 aliphatic rings. The summed E-state index contributed by atoms with van der Waals surface area (Å²) in [7, 11) is 0. The molecule has 0 amide bonds. The summed E-state index contributed by atoms with van der Waals surface area (Å²) in [5, 5.41) is 0. The van der Waals surface area contributed by atoms with E-state index in [1.807, 2.05) is 0 Å². The summed E-state index contributed by atoms with van der Waals surface area (Å²) in [5.74, 6) is 0.568. The smallest absolute Gasteiger partial charge is 0.00543 e. The predicted molar refractivity (Wildman–Crippen MR) is 66.5 cm³/mol.